The average molecular weight is 250 g/mol. The Morgan fingerprint density at radius 1 is 0.947 bits per heavy atom. The van der Waals surface area contributed by atoms with Crippen LogP contribution in [0.5, 0.6) is 0 Å². The highest BCUT2D eigenvalue weighted by atomic mass is 16.2. The standard InChI is InChI=1S/C15H10N2O2/c1-9-13-10-5-2-3-6-11(10)15(19)17(13)16-8-4-7-12(16)14(9)18/h2-8H,1H3. The van der Waals surface area contributed by atoms with Crippen LogP contribution in [0.25, 0.3) is 16.8 Å². The summed E-state index contributed by atoms with van der Waals surface area (Å²) in [7, 11) is 0. The number of fused-ring (bicyclic) bond motifs is 5. The molecule has 4 rings (SSSR count). The zero-order chi connectivity index (χ0) is 13.1. The van der Waals surface area contributed by atoms with E-state index in [0.29, 0.717) is 22.3 Å². The Morgan fingerprint density at radius 3 is 2.47 bits per heavy atom. The molecule has 0 aliphatic carbocycles. The van der Waals surface area contributed by atoms with E-state index < -0.39 is 0 Å². The smallest absolute Gasteiger partial charge is 0.278 e. The highest BCUT2D eigenvalue weighted by Crippen LogP contribution is 2.32. The molecule has 4 heteroatoms. The summed E-state index contributed by atoms with van der Waals surface area (Å²) in [5.41, 5.74) is 3.30. The Balaban J connectivity index is 2.31. The second-order valence-electron chi connectivity index (χ2n) is 4.70. The quantitative estimate of drug-likeness (QED) is 0.479. The van der Waals surface area contributed by atoms with Crippen molar-refractivity contribution < 1.29 is 4.79 Å². The Morgan fingerprint density at radius 2 is 1.68 bits per heavy atom. The molecule has 0 unspecified atom stereocenters. The number of hydrogen-bond donors (Lipinski definition) is 0. The number of rotatable bonds is 0. The van der Waals surface area contributed by atoms with E-state index >= 15 is 0 Å². The van der Waals surface area contributed by atoms with Gasteiger partial charge in [0.1, 0.15) is 5.52 Å². The summed E-state index contributed by atoms with van der Waals surface area (Å²) in [6, 6.07) is 10.9. The van der Waals surface area contributed by atoms with Crippen LogP contribution in [0.1, 0.15) is 15.9 Å². The highest BCUT2D eigenvalue weighted by Gasteiger charge is 2.30. The molecular weight excluding hydrogens is 240 g/mol. The van der Waals surface area contributed by atoms with Gasteiger partial charge in [0.25, 0.3) is 5.91 Å². The largest absolute Gasteiger partial charge is 0.287 e. The third kappa shape index (κ3) is 1.08. The zero-order valence-corrected chi connectivity index (χ0v) is 10.3. The number of carbonyl (C=O) groups is 1. The van der Waals surface area contributed by atoms with Gasteiger partial charge in [0, 0.05) is 17.3 Å². The van der Waals surface area contributed by atoms with Crippen LogP contribution in [0.2, 0.25) is 0 Å². The average Bonchev–Trinajstić information content (AvgIpc) is 3.00. The maximum atomic E-state index is 12.5. The van der Waals surface area contributed by atoms with Crippen LogP contribution in [-0.2, 0) is 0 Å². The Kier molecular flexibility index (Phi) is 1.75. The van der Waals surface area contributed by atoms with Crippen molar-refractivity contribution in [3.63, 3.8) is 0 Å². The minimum atomic E-state index is -0.0881. The molecule has 0 spiro atoms. The van der Waals surface area contributed by atoms with E-state index in [1.54, 1.807) is 40.5 Å². The van der Waals surface area contributed by atoms with Crippen LogP contribution in [0.15, 0.2) is 47.4 Å². The van der Waals surface area contributed by atoms with Gasteiger partial charge in [-0.05, 0) is 25.1 Å². The van der Waals surface area contributed by atoms with Gasteiger partial charge in [0.2, 0.25) is 5.43 Å². The molecule has 0 atom stereocenters. The first-order valence-corrected chi connectivity index (χ1v) is 6.07. The molecule has 0 saturated carbocycles. The van der Waals surface area contributed by atoms with Crippen LogP contribution >= 0.6 is 0 Å². The number of benzene rings is 1. The number of hydrogen-bond acceptors (Lipinski definition) is 2. The molecule has 0 bridgehead atoms. The summed E-state index contributed by atoms with van der Waals surface area (Å²) in [4.78, 5) is 24.8. The van der Waals surface area contributed by atoms with E-state index in [1.165, 1.54) is 0 Å². The molecule has 0 amide bonds. The van der Waals surface area contributed by atoms with Gasteiger partial charge in [0.05, 0.1) is 11.3 Å². The highest BCUT2D eigenvalue weighted by molar-refractivity contribution is 6.08. The van der Waals surface area contributed by atoms with Gasteiger partial charge in [-0.1, -0.05) is 18.2 Å². The summed E-state index contributed by atoms with van der Waals surface area (Å²) in [5, 5.41) is 0. The molecule has 3 aromatic rings. The summed E-state index contributed by atoms with van der Waals surface area (Å²) in [6.45, 7) is 1.77. The van der Waals surface area contributed by atoms with Crippen LogP contribution < -0.4 is 5.43 Å². The predicted octanol–water partition coefficient (Wildman–Crippen LogP) is 2.08. The lowest BCUT2D eigenvalue weighted by atomic mass is 10.0. The van der Waals surface area contributed by atoms with Crippen molar-refractivity contribution in [2.45, 2.75) is 6.92 Å². The van der Waals surface area contributed by atoms with E-state index in [1.807, 2.05) is 18.2 Å². The minimum Gasteiger partial charge on any atom is -0.287 e. The second kappa shape index (κ2) is 3.23. The molecule has 92 valence electrons. The molecule has 1 aliphatic heterocycles. The number of carbonyl (C=O) groups excluding carboxylic acids is 1. The maximum absolute atomic E-state index is 12.5. The molecule has 0 fully saturated rings. The monoisotopic (exact) mass is 250 g/mol. The summed E-state index contributed by atoms with van der Waals surface area (Å²) >= 11 is 0. The summed E-state index contributed by atoms with van der Waals surface area (Å²) in [5.74, 6) is -0.0881. The molecular formula is C15H10N2O2. The van der Waals surface area contributed by atoms with Gasteiger partial charge in [-0.2, -0.15) is 0 Å². The van der Waals surface area contributed by atoms with Crippen molar-refractivity contribution in [1.82, 2.24) is 9.20 Å². The summed E-state index contributed by atoms with van der Waals surface area (Å²) in [6.07, 6.45) is 1.74. The van der Waals surface area contributed by atoms with Crippen molar-refractivity contribution in [1.29, 1.82) is 0 Å². The van der Waals surface area contributed by atoms with Crippen molar-refractivity contribution >= 4 is 11.4 Å². The maximum Gasteiger partial charge on any atom is 0.278 e. The van der Waals surface area contributed by atoms with E-state index in [2.05, 4.69) is 0 Å². The minimum absolute atomic E-state index is 0.0271. The lowest BCUT2D eigenvalue weighted by molar-refractivity contribution is 0.0949. The van der Waals surface area contributed by atoms with Crippen molar-refractivity contribution in [3.05, 3.63) is 63.9 Å². The number of nitrogens with zero attached hydrogens (tertiary/aromatic N) is 2. The van der Waals surface area contributed by atoms with E-state index in [-0.39, 0.29) is 11.3 Å². The molecule has 0 radical (unpaired) electrons. The fourth-order valence-corrected chi connectivity index (χ4v) is 2.80. The van der Waals surface area contributed by atoms with Gasteiger partial charge in [-0.3, -0.25) is 9.59 Å². The predicted molar refractivity (Wildman–Crippen MR) is 71.6 cm³/mol. The molecule has 4 nitrogen and oxygen atoms in total. The fourth-order valence-electron chi connectivity index (χ4n) is 2.80. The molecule has 1 aliphatic rings. The van der Waals surface area contributed by atoms with Crippen molar-refractivity contribution in [2.24, 2.45) is 0 Å². The van der Waals surface area contributed by atoms with Gasteiger partial charge in [-0.25, -0.2) is 9.20 Å². The van der Waals surface area contributed by atoms with Crippen LogP contribution in [0.3, 0.4) is 0 Å². The zero-order valence-electron chi connectivity index (χ0n) is 10.3. The van der Waals surface area contributed by atoms with Crippen LogP contribution in [0, 0.1) is 6.92 Å². The SMILES string of the molecule is Cc1c2n(n3cccc3c1=O)C(=O)c1ccccc1-2. The third-order valence-corrected chi connectivity index (χ3v) is 3.69. The molecule has 3 heterocycles. The lowest BCUT2D eigenvalue weighted by Crippen LogP contribution is -2.22. The fraction of sp³-hybridized carbons (Fsp3) is 0.0667. The molecule has 0 N–H and O–H groups in total. The van der Waals surface area contributed by atoms with Gasteiger partial charge in [-0.15, -0.1) is 0 Å². The van der Waals surface area contributed by atoms with Gasteiger partial charge >= 0.3 is 0 Å². The summed E-state index contributed by atoms with van der Waals surface area (Å²) < 4.78 is 3.21. The van der Waals surface area contributed by atoms with Crippen molar-refractivity contribution in [2.75, 3.05) is 0 Å². The molecule has 2 aromatic heterocycles. The molecule has 1 aromatic carbocycles. The van der Waals surface area contributed by atoms with Crippen LogP contribution in [-0.4, -0.2) is 15.1 Å². The van der Waals surface area contributed by atoms with Gasteiger partial charge in [0.15, 0.2) is 0 Å². The second-order valence-corrected chi connectivity index (χ2v) is 4.70. The number of aromatic nitrogens is 2. The first-order chi connectivity index (χ1) is 9.20. The van der Waals surface area contributed by atoms with Gasteiger partial charge < -0.3 is 0 Å². The Labute approximate surface area is 108 Å². The van der Waals surface area contributed by atoms with E-state index in [4.69, 9.17) is 0 Å². The van der Waals surface area contributed by atoms with Crippen molar-refractivity contribution in [3.8, 4) is 11.3 Å². The lowest BCUT2D eigenvalue weighted by Gasteiger charge is -2.09. The molecule has 0 saturated heterocycles. The van der Waals surface area contributed by atoms with E-state index in [0.717, 1.165) is 5.56 Å². The normalized spacial score (nSPS) is 12.8. The topological polar surface area (TPSA) is 43.5 Å². The first-order valence-electron chi connectivity index (χ1n) is 6.07. The Bertz CT molecular complexity index is 916. The van der Waals surface area contributed by atoms with E-state index in [9.17, 15) is 9.59 Å². The third-order valence-electron chi connectivity index (χ3n) is 3.69. The first kappa shape index (κ1) is 10.3. The Hall–Kier alpha value is -2.62. The van der Waals surface area contributed by atoms with Crippen LogP contribution in [0.4, 0.5) is 0 Å². The molecule has 19 heavy (non-hydrogen) atoms.